The first-order chi connectivity index (χ1) is 11.3. The Morgan fingerprint density at radius 3 is 2.65 bits per heavy atom. The molecule has 1 atom stereocenters. The Kier molecular flexibility index (Phi) is 4.95. The highest BCUT2D eigenvalue weighted by Crippen LogP contribution is 2.41. The second kappa shape index (κ2) is 7.30. The van der Waals surface area contributed by atoms with E-state index in [9.17, 15) is 5.26 Å². The van der Waals surface area contributed by atoms with Crippen molar-refractivity contribution >= 4 is 11.8 Å². The maximum atomic E-state index is 9.20. The number of para-hydroxylation sites is 1. The smallest absolute Gasteiger partial charge is 0.195 e. The molecule has 0 unspecified atom stereocenters. The Balaban J connectivity index is 1.80. The van der Waals surface area contributed by atoms with Gasteiger partial charge in [-0.05, 0) is 31.4 Å². The van der Waals surface area contributed by atoms with Crippen LogP contribution in [0.2, 0.25) is 0 Å². The first-order valence-corrected chi connectivity index (χ1v) is 8.72. The van der Waals surface area contributed by atoms with Crippen LogP contribution in [-0.2, 0) is 0 Å². The summed E-state index contributed by atoms with van der Waals surface area (Å²) in [6.07, 6.45) is 3.35. The van der Waals surface area contributed by atoms with Crippen molar-refractivity contribution in [1.29, 1.82) is 10.5 Å². The lowest BCUT2D eigenvalue weighted by Crippen LogP contribution is -2.04. The van der Waals surface area contributed by atoms with Crippen LogP contribution in [0, 0.1) is 28.6 Å². The second-order valence-electron chi connectivity index (χ2n) is 5.62. The predicted molar refractivity (Wildman–Crippen MR) is 88.0 cm³/mol. The minimum absolute atomic E-state index is 0.134. The summed E-state index contributed by atoms with van der Waals surface area (Å²) in [5.74, 6) is 2.02. The normalized spacial score (nSPS) is 14.9. The summed E-state index contributed by atoms with van der Waals surface area (Å²) in [5, 5.41) is 27.4. The average Bonchev–Trinajstić information content (AvgIpc) is 3.36. The average molecular weight is 323 g/mol. The van der Waals surface area contributed by atoms with Crippen LogP contribution in [0.1, 0.15) is 37.4 Å². The van der Waals surface area contributed by atoms with Crippen molar-refractivity contribution in [3.05, 3.63) is 36.2 Å². The van der Waals surface area contributed by atoms with E-state index in [1.165, 1.54) is 12.8 Å². The number of hydrogen-bond donors (Lipinski definition) is 0. The van der Waals surface area contributed by atoms with E-state index in [0.717, 1.165) is 16.7 Å². The van der Waals surface area contributed by atoms with Gasteiger partial charge in [0, 0.05) is 23.8 Å². The molecule has 1 aromatic heterocycles. The van der Waals surface area contributed by atoms with E-state index >= 15 is 0 Å². The molecule has 0 spiro atoms. The minimum atomic E-state index is -0.134. The van der Waals surface area contributed by atoms with Crippen LogP contribution >= 0.6 is 11.8 Å². The molecule has 6 heteroatoms. The Labute approximate surface area is 140 Å². The standard InChI is InChI=1S/C17H17N5S/c18-10-4-5-13(11-19)12-23-17-21-20-16(14-8-9-14)22(17)15-6-2-1-3-7-15/h1-3,6-7,13-14H,4-5,8-9,12H2/t13-/m0/s1. The summed E-state index contributed by atoms with van der Waals surface area (Å²) in [4.78, 5) is 0. The molecular weight excluding hydrogens is 306 g/mol. The van der Waals surface area contributed by atoms with Gasteiger partial charge in [0.15, 0.2) is 5.16 Å². The highest BCUT2D eigenvalue weighted by atomic mass is 32.2. The number of aromatic nitrogens is 3. The molecule has 0 radical (unpaired) electrons. The molecule has 1 fully saturated rings. The van der Waals surface area contributed by atoms with Gasteiger partial charge in [-0.25, -0.2) is 0 Å². The van der Waals surface area contributed by atoms with Gasteiger partial charge in [0.05, 0.1) is 18.1 Å². The van der Waals surface area contributed by atoms with E-state index in [-0.39, 0.29) is 5.92 Å². The van der Waals surface area contributed by atoms with Gasteiger partial charge in [-0.3, -0.25) is 4.57 Å². The van der Waals surface area contributed by atoms with Gasteiger partial charge in [-0.1, -0.05) is 30.0 Å². The summed E-state index contributed by atoms with van der Waals surface area (Å²) < 4.78 is 2.11. The molecule has 1 aromatic carbocycles. The lowest BCUT2D eigenvalue weighted by Gasteiger charge is -2.10. The molecule has 1 saturated carbocycles. The van der Waals surface area contributed by atoms with E-state index in [2.05, 4.69) is 39.0 Å². The van der Waals surface area contributed by atoms with E-state index in [1.807, 2.05) is 18.2 Å². The Morgan fingerprint density at radius 2 is 2.00 bits per heavy atom. The fraction of sp³-hybridized carbons (Fsp3) is 0.412. The monoisotopic (exact) mass is 323 g/mol. The first kappa shape index (κ1) is 15.6. The SMILES string of the molecule is N#CCC[C@@H](C#N)CSc1nnc(C2CC2)n1-c1ccccc1. The third kappa shape index (κ3) is 3.72. The molecule has 0 amide bonds. The molecule has 0 aliphatic heterocycles. The van der Waals surface area contributed by atoms with Crippen molar-refractivity contribution < 1.29 is 0 Å². The molecule has 1 aliphatic carbocycles. The quantitative estimate of drug-likeness (QED) is 0.726. The number of thioether (sulfide) groups is 1. The highest BCUT2D eigenvalue weighted by molar-refractivity contribution is 7.99. The number of nitrogens with zero attached hydrogens (tertiary/aromatic N) is 5. The number of hydrogen-bond acceptors (Lipinski definition) is 5. The summed E-state index contributed by atoms with van der Waals surface area (Å²) in [6.45, 7) is 0. The fourth-order valence-electron chi connectivity index (χ4n) is 2.40. The van der Waals surface area contributed by atoms with Crippen LogP contribution in [0.4, 0.5) is 0 Å². The first-order valence-electron chi connectivity index (χ1n) is 7.73. The molecule has 0 saturated heterocycles. The van der Waals surface area contributed by atoms with Crippen molar-refractivity contribution in [2.24, 2.45) is 5.92 Å². The largest absolute Gasteiger partial charge is 0.274 e. The molecule has 0 N–H and O–H groups in total. The zero-order valence-electron chi connectivity index (χ0n) is 12.7. The molecule has 116 valence electrons. The Hall–Kier alpha value is -2.31. The maximum Gasteiger partial charge on any atom is 0.195 e. The fourth-order valence-corrected chi connectivity index (χ4v) is 3.42. The lowest BCUT2D eigenvalue weighted by molar-refractivity contribution is 0.683. The van der Waals surface area contributed by atoms with Gasteiger partial charge in [-0.2, -0.15) is 10.5 Å². The second-order valence-corrected chi connectivity index (χ2v) is 6.61. The Morgan fingerprint density at radius 1 is 1.22 bits per heavy atom. The van der Waals surface area contributed by atoms with Gasteiger partial charge in [0.25, 0.3) is 0 Å². The zero-order chi connectivity index (χ0) is 16.1. The zero-order valence-corrected chi connectivity index (χ0v) is 13.5. The third-order valence-corrected chi connectivity index (χ3v) is 4.91. The van der Waals surface area contributed by atoms with E-state index < -0.39 is 0 Å². The number of rotatable bonds is 7. The molecule has 3 rings (SSSR count). The topological polar surface area (TPSA) is 78.3 Å². The van der Waals surface area contributed by atoms with Crippen molar-refractivity contribution in [2.45, 2.75) is 36.8 Å². The van der Waals surface area contributed by atoms with Crippen molar-refractivity contribution in [2.75, 3.05) is 5.75 Å². The molecule has 1 aliphatic rings. The molecule has 23 heavy (non-hydrogen) atoms. The summed E-state index contributed by atoms with van der Waals surface area (Å²) >= 11 is 1.55. The van der Waals surface area contributed by atoms with Crippen molar-refractivity contribution in [3.63, 3.8) is 0 Å². The molecule has 2 aromatic rings. The minimum Gasteiger partial charge on any atom is -0.274 e. The molecule has 5 nitrogen and oxygen atoms in total. The highest BCUT2D eigenvalue weighted by Gasteiger charge is 2.31. The Bertz CT molecular complexity index is 737. The van der Waals surface area contributed by atoms with Crippen LogP contribution in [0.3, 0.4) is 0 Å². The van der Waals surface area contributed by atoms with Crippen molar-refractivity contribution in [3.8, 4) is 17.8 Å². The van der Waals surface area contributed by atoms with E-state index in [0.29, 0.717) is 24.5 Å². The number of nitriles is 2. The molecule has 0 bridgehead atoms. The predicted octanol–water partition coefficient (Wildman–Crippen LogP) is 3.68. The third-order valence-electron chi connectivity index (χ3n) is 3.82. The van der Waals surface area contributed by atoms with Crippen LogP contribution in [0.5, 0.6) is 0 Å². The van der Waals surface area contributed by atoms with E-state index in [4.69, 9.17) is 5.26 Å². The van der Waals surface area contributed by atoms with Crippen LogP contribution < -0.4 is 0 Å². The van der Waals surface area contributed by atoms with Gasteiger partial charge in [-0.15, -0.1) is 10.2 Å². The summed E-state index contributed by atoms with van der Waals surface area (Å²) in [7, 11) is 0. The van der Waals surface area contributed by atoms with Gasteiger partial charge < -0.3 is 0 Å². The van der Waals surface area contributed by atoms with Gasteiger partial charge in [0.2, 0.25) is 0 Å². The van der Waals surface area contributed by atoms with E-state index in [1.54, 1.807) is 11.8 Å². The number of benzene rings is 1. The lowest BCUT2D eigenvalue weighted by atomic mass is 10.1. The molecule has 1 heterocycles. The summed E-state index contributed by atoms with van der Waals surface area (Å²) in [5.41, 5.74) is 1.06. The van der Waals surface area contributed by atoms with Crippen molar-refractivity contribution in [1.82, 2.24) is 14.8 Å². The van der Waals surface area contributed by atoms with Gasteiger partial charge in [0.1, 0.15) is 5.82 Å². The van der Waals surface area contributed by atoms with Gasteiger partial charge >= 0.3 is 0 Å². The molecular formula is C17H17N5S. The maximum absolute atomic E-state index is 9.20. The van der Waals surface area contributed by atoms with Crippen LogP contribution in [-0.4, -0.2) is 20.5 Å². The van der Waals surface area contributed by atoms with Crippen LogP contribution in [0.25, 0.3) is 5.69 Å². The van der Waals surface area contributed by atoms with Crippen LogP contribution in [0.15, 0.2) is 35.5 Å². The summed E-state index contributed by atoms with van der Waals surface area (Å²) in [6, 6.07) is 14.5.